The maximum Gasteiger partial charge on any atom is 0.157 e. The summed E-state index contributed by atoms with van der Waals surface area (Å²) < 4.78 is 4.09. The van der Waals surface area contributed by atoms with Crippen molar-refractivity contribution >= 4 is 11.5 Å². The molecule has 4 rings (SSSR count). The minimum absolute atomic E-state index is 0.367. The fraction of sp³-hybridized carbons (Fsp3) is 0.556. The second kappa shape index (κ2) is 6.82. The zero-order valence-corrected chi connectivity index (χ0v) is 14.9. The highest BCUT2D eigenvalue weighted by Crippen LogP contribution is 2.28. The van der Waals surface area contributed by atoms with Crippen LogP contribution in [-0.4, -0.2) is 29.4 Å². The zero-order chi connectivity index (χ0) is 17.2. The van der Waals surface area contributed by atoms with E-state index in [0.29, 0.717) is 18.5 Å². The van der Waals surface area contributed by atoms with Crippen LogP contribution < -0.4 is 5.32 Å². The summed E-state index contributed by atoms with van der Waals surface area (Å²) in [5.74, 6) is 2.29. The van der Waals surface area contributed by atoms with E-state index in [1.165, 1.54) is 32.1 Å². The van der Waals surface area contributed by atoms with E-state index in [-0.39, 0.29) is 0 Å². The second-order valence-corrected chi connectivity index (χ2v) is 7.12. The molecule has 3 aromatic rings. The van der Waals surface area contributed by atoms with Crippen molar-refractivity contribution in [3.63, 3.8) is 0 Å². The largest absolute Gasteiger partial charge is 0.363 e. The molecule has 0 amide bonds. The molecule has 3 heterocycles. The number of rotatable bonds is 5. The van der Waals surface area contributed by atoms with Crippen LogP contribution in [0.15, 0.2) is 24.7 Å². The number of nitrogens with one attached hydrogen (secondary N) is 1. The van der Waals surface area contributed by atoms with Crippen molar-refractivity contribution in [3.8, 4) is 0 Å². The summed E-state index contributed by atoms with van der Waals surface area (Å²) in [7, 11) is 0. The van der Waals surface area contributed by atoms with Gasteiger partial charge in [0.15, 0.2) is 11.5 Å². The minimum Gasteiger partial charge on any atom is -0.363 e. The first-order valence-corrected chi connectivity index (χ1v) is 9.19. The van der Waals surface area contributed by atoms with Crippen molar-refractivity contribution in [2.24, 2.45) is 0 Å². The van der Waals surface area contributed by atoms with Gasteiger partial charge in [-0.1, -0.05) is 33.1 Å². The quantitative estimate of drug-likeness (QED) is 0.769. The number of nitrogens with zero attached hydrogens (tertiary/aromatic N) is 6. The lowest BCUT2D eigenvalue weighted by molar-refractivity contribution is 0.346. The maximum absolute atomic E-state index is 4.66. The average molecular weight is 339 g/mol. The Morgan fingerprint density at radius 3 is 2.88 bits per heavy atom. The van der Waals surface area contributed by atoms with Crippen molar-refractivity contribution < 1.29 is 0 Å². The van der Waals surface area contributed by atoms with Gasteiger partial charge in [0.1, 0.15) is 12.1 Å². The lowest BCUT2D eigenvalue weighted by atomic mass is 9.95. The predicted octanol–water partition coefficient (Wildman–Crippen LogP) is 3.56. The Hall–Kier alpha value is -2.44. The van der Waals surface area contributed by atoms with Crippen LogP contribution in [-0.2, 0) is 6.54 Å². The molecule has 0 saturated heterocycles. The summed E-state index contributed by atoms with van der Waals surface area (Å²) in [4.78, 5) is 4.66. The molecule has 0 unspecified atom stereocenters. The molecule has 1 N–H and O–H groups in total. The van der Waals surface area contributed by atoms with Gasteiger partial charge in [-0.15, -0.1) is 10.2 Å². The summed E-state index contributed by atoms with van der Waals surface area (Å²) in [6.07, 6.45) is 10.0. The molecule has 0 spiro atoms. The molecule has 25 heavy (non-hydrogen) atoms. The van der Waals surface area contributed by atoms with Crippen LogP contribution in [0.25, 0.3) is 5.65 Å². The van der Waals surface area contributed by atoms with Gasteiger partial charge in [-0.25, -0.2) is 4.98 Å². The summed E-state index contributed by atoms with van der Waals surface area (Å²) in [5.41, 5.74) is 1.92. The molecule has 1 aliphatic carbocycles. The number of hydrogen-bond acceptors (Lipinski definition) is 5. The molecular weight excluding hydrogens is 314 g/mol. The molecule has 0 radical (unpaired) electrons. The highest BCUT2D eigenvalue weighted by molar-refractivity contribution is 5.49. The van der Waals surface area contributed by atoms with E-state index in [4.69, 9.17) is 0 Å². The lowest BCUT2D eigenvalue weighted by Gasteiger charge is -2.24. The SMILES string of the molecule is CC(C)c1cc(NCc2nncn2C2CCCCC2)n2nccc2n1. The lowest BCUT2D eigenvalue weighted by Crippen LogP contribution is -2.17. The van der Waals surface area contributed by atoms with Crippen LogP contribution in [0.3, 0.4) is 0 Å². The van der Waals surface area contributed by atoms with E-state index >= 15 is 0 Å². The zero-order valence-electron chi connectivity index (χ0n) is 14.9. The van der Waals surface area contributed by atoms with E-state index in [2.05, 4.69) is 50.1 Å². The van der Waals surface area contributed by atoms with Crippen molar-refractivity contribution in [1.29, 1.82) is 0 Å². The minimum atomic E-state index is 0.367. The molecule has 0 atom stereocenters. The van der Waals surface area contributed by atoms with E-state index in [9.17, 15) is 0 Å². The molecule has 1 saturated carbocycles. The Balaban J connectivity index is 1.57. The molecule has 7 heteroatoms. The van der Waals surface area contributed by atoms with Gasteiger partial charge in [0.05, 0.1) is 12.7 Å². The average Bonchev–Trinajstić information content (AvgIpc) is 3.29. The Morgan fingerprint density at radius 1 is 1.24 bits per heavy atom. The smallest absolute Gasteiger partial charge is 0.157 e. The van der Waals surface area contributed by atoms with Crippen LogP contribution in [0.5, 0.6) is 0 Å². The standard InChI is InChI=1S/C18H25N7/c1-13(2)15-10-17(25-16(22-15)8-9-21-25)19-11-18-23-20-12-24(18)14-6-4-3-5-7-14/h8-10,12-14,19H,3-7,11H2,1-2H3. The highest BCUT2D eigenvalue weighted by atomic mass is 15.3. The topological polar surface area (TPSA) is 72.9 Å². The molecule has 1 aliphatic rings. The molecule has 1 fully saturated rings. The van der Waals surface area contributed by atoms with Crippen molar-refractivity contribution in [3.05, 3.63) is 36.2 Å². The van der Waals surface area contributed by atoms with Gasteiger partial charge in [-0.05, 0) is 18.8 Å². The van der Waals surface area contributed by atoms with Gasteiger partial charge in [0.25, 0.3) is 0 Å². The maximum atomic E-state index is 4.66. The molecule has 0 aliphatic heterocycles. The van der Waals surface area contributed by atoms with E-state index in [1.54, 1.807) is 6.20 Å². The van der Waals surface area contributed by atoms with Crippen molar-refractivity contribution in [1.82, 2.24) is 29.4 Å². The Kier molecular flexibility index (Phi) is 4.38. The van der Waals surface area contributed by atoms with Gasteiger partial charge in [-0.2, -0.15) is 9.61 Å². The number of anilines is 1. The van der Waals surface area contributed by atoms with E-state index in [1.807, 2.05) is 16.9 Å². The van der Waals surface area contributed by atoms with Gasteiger partial charge < -0.3 is 9.88 Å². The van der Waals surface area contributed by atoms with Crippen LogP contribution in [0.2, 0.25) is 0 Å². The fourth-order valence-electron chi connectivity index (χ4n) is 3.58. The Morgan fingerprint density at radius 2 is 2.08 bits per heavy atom. The molecule has 132 valence electrons. The van der Waals surface area contributed by atoms with Crippen molar-refractivity contribution in [2.75, 3.05) is 5.32 Å². The van der Waals surface area contributed by atoms with E-state index in [0.717, 1.165) is 23.0 Å². The van der Waals surface area contributed by atoms with Crippen LogP contribution in [0, 0.1) is 0 Å². The Bertz CT molecular complexity index is 842. The summed E-state index contributed by atoms with van der Waals surface area (Å²) in [6.45, 7) is 4.93. The second-order valence-electron chi connectivity index (χ2n) is 7.12. The highest BCUT2D eigenvalue weighted by Gasteiger charge is 2.18. The Labute approximate surface area is 147 Å². The summed E-state index contributed by atoms with van der Waals surface area (Å²) >= 11 is 0. The van der Waals surface area contributed by atoms with Gasteiger partial charge in [-0.3, -0.25) is 0 Å². The first-order valence-electron chi connectivity index (χ1n) is 9.19. The third kappa shape index (κ3) is 3.23. The molecule has 0 aromatic carbocycles. The number of fused-ring (bicyclic) bond motifs is 1. The third-order valence-corrected chi connectivity index (χ3v) is 5.01. The van der Waals surface area contributed by atoms with Gasteiger partial charge in [0, 0.05) is 23.9 Å². The fourth-order valence-corrected chi connectivity index (χ4v) is 3.58. The van der Waals surface area contributed by atoms with Crippen LogP contribution >= 0.6 is 0 Å². The number of hydrogen-bond donors (Lipinski definition) is 1. The third-order valence-electron chi connectivity index (χ3n) is 5.01. The van der Waals surface area contributed by atoms with Crippen molar-refractivity contribution in [2.45, 2.75) is 64.5 Å². The first-order chi connectivity index (χ1) is 12.2. The molecular formula is C18H25N7. The predicted molar refractivity (Wildman–Crippen MR) is 96.5 cm³/mol. The van der Waals surface area contributed by atoms with Crippen LogP contribution in [0.4, 0.5) is 5.82 Å². The summed E-state index contributed by atoms with van der Waals surface area (Å²) in [6, 6.07) is 4.54. The van der Waals surface area contributed by atoms with Gasteiger partial charge in [0.2, 0.25) is 0 Å². The van der Waals surface area contributed by atoms with E-state index < -0.39 is 0 Å². The normalized spacial score (nSPS) is 16.0. The first kappa shape index (κ1) is 16.1. The monoisotopic (exact) mass is 339 g/mol. The molecule has 3 aromatic heterocycles. The van der Waals surface area contributed by atoms with Crippen LogP contribution in [0.1, 0.15) is 69.4 Å². The van der Waals surface area contributed by atoms with Gasteiger partial charge >= 0.3 is 0 Å². The molecule has 7 nitrogen and oxygen atoms in total. The number of aromatic nitrogens is 6. The summed E-state index contributed by atoms with van der Waals surface area (Å²) in [5, 5.41) is 16.4. The molecule has 0 bridgehead atoms.